The first-order valence-corrected chi connectivity index (χ1v) is 11.8. The molecule has 0 aliphatic heterocycles. The maximum atomic E-state index is 13.3. The molecule has 32 heavy (non-hydrogen) atoms. The van der Waals surface area contributed by atoms with Gasteiger partial charge in [0.15, 0.2) is 0 Å². The molecule has 2 aromatic rings. The van der Waals surface area contributed by atoms with Crippen LogP contribution in [0.25, 0.3) is 0 Å². The van der Waals surface area contributed by atoms with Crippen LogP contribution in [0, 0.1) is 5.92 Å². The van der Waals surface area contributed by atoms with Gasteiger partial charge in [-0.15, -0.1) is 0 Å². The Labute approximate surface area is 197 Å². The quantitative estimate of drug-likeness (QED) is 0.460. The largest absolute Gasteiger partial charge is 0.377 e. The van der Waals surface area contributed by atoms with Gasteiger partial charge in [0, 0.05) is 44.0 Å². The number of amides is 2. The summed E-state index contributed by atoms with van der Waals surface area (Å²) in [6, 6.07) is 12.9. The fraction of sp³-hybridized carbons (Fsp3) is 0.462. The molecule has 0 aliphatic rings. The van der Waals surface area contributed by atoms with Crippen molar-refractivity contribution in [3.8, 4) is 0 Å². The lowest BCUT2D eigenvalue weighted by molar-refractivity contribution is -0.138. The maximum Gasteiger partial charge on any atom is 0.257 e. The first kappa shape index (κ1) is 25.7. The van der Waals surface area contributed by atoms with E-state index in [0.29, 0.717) is 22.8 Å². The molecule has 0 heterocycles. The molecule has 0 spiro atoms. The summed E-state index contributed by atoms with van der Waals surface area (Å²) in [6.07, 6.45) is 2.54. The van der Waals surface area contributed by atoms with Gasteiger partial charge in [-0.3, -0.25) is 9.59 Å². The zero-order chi connectivity index (χ0) is 23.8. The third kappa shape index (κ3) is 6.26. The molecule has 1 atom stereocenters. The van der Waals surface area contributed by atoms with E-state index in [2.05, 4.69) is 33.0 Å². The van der Waals surface area contributed by atoms with E-state index in [0.717, 1.165) is 30.5 Å². The van der Waals surface area contributed by atoms with E-state index < -0.39 is 0 Å². The molecule has 2 rings (SSSR count). The van der Waals surface area contributed by atoms with Gasteiger partial charge in [-0.05, 0) is 62.1 Å². The van der Waals surface area contributed by atoms with E-state index in [1.165, 1.54) is 0 Å². The van der Waals surface area contributed by atoms with Crippen molar-refractivity contribution < 1.29 is 9.59 Å². The summed E-state index contributed by atoms with van der Waals surface area (Å²) < 4.78 is 0. The minimum absolute atomic E-state index is 0.0231. The Balaban J connectivity index is 2.38. The lowest BCUT2D eigenvalue weighted by Crippen LogP contribution is -2.41. The minimum atomic E-state index is -0.258. The Morgan fingerprint density at radius 3 is 2.22 bits per heavy atom. The van der Waals surface area contributed by atoms with Crippen LogP contribution >= 0.6 is 11.6 Å². The van der Waals surface area contributed by atoms with Crippen molar-refractivity contribution in [2.45, 2.75) is 59.5 Å². The van der Waals surface area contributed by atoms with Gasteiger partial charge in [0.1, 0.15) is 0 Å². The van der Waals surface area contributed by atoms with Gasteiger partial charge in [0.2, 0.25) is 5.91 Å². The van der Waals surface area contributed by atoms with Crippen LogP contribution in [0.5, 0.6) is 0 Å². The van der Waals surface area contributed by atoms with E-state index in [1.54, 1.807) is 24.3 Å². The fourth-order valence-electron chi connectivity index (χ4n) is 3.80. The molecule has 1 N–H and O–H groups in total. The number of carbonyl (C=O) groups is 2. The highest BCUT2D eigenvalue weighted by atomic mass is 35.5. The van der Waals surface area contributed by atoms with Gasteiger partial charge in [-0.25, -0.2) is 0 Å². The summed E-state index contributed by atoms with van der Waals surface area (Å²) in [6.45, 7) is 8.82. The standard InChI is InChI=1S/C26H36ClN3O2/c1-7-18(4)30(26(32)19(8-2)9-3)17-20-16-21(14-15-24(20)29(5)6)28-25(31)22-12-10-11-13-23(22)27/h10-16,18-19H,7-9,17H2,1-6H3,(H,28,31)/t18-/m1/s1. The Morgan fingerprint density at radius 1 is 1.00 bits per heavy atom. The number of rotatable bonds is 10. The number of nitrogens with one attached hydrogen (secondary N) is 1. The molecular formula is C26H36ClN3O2. The SMILES string of the molecule is CCC(CC)C(=O)N(Cc1cc(NC(=O)c2ccccc2Cl)ccc1N(C)C)[C@H](C)CC. The predicted molar refractivity (Wildman–Crippen MR) is 135 cm³/mol. The van der Waals surface area contributed by atoms with Crippen molar-refractivity contribution in [3.05, 3.63) is 58.6 Å². The smallest absolute Gasteiger partial charge is 0.257 e. The van der Waals surface area contributed by atoms with E-state index >= 15 is 0 Å². The molecule has 5 nitrogen and oxygen atoms in total. The minimum Gasteiger partial charge on any atom is -0.377 e. The third-order valence-electron chi connectivity index (χ3n) is 6.02. The molecule has 0 aromatic heterocycles. The highest BCUT2D eigenvalue weighted by Gasteiger charge is 2.26. The number of nitrogens with zero attached hydrogens (tertiary/aromatic N) is 2. The number of anilines is 2. The Kier molecular flexibility index (Phi) is 9.58. The Morgan fingerprint density at radius 2 is 1.66 bits per heavy atom. The number of carbonyl (C=O) groups excluding carboxylic acids is 2. The van der Waals surface area contributed by atoms with E-state index in [-0.39, 0.29) is 23.8 Å². The van der Waals surface area contributed by atoms with Crippen molar-refractivity contribution >= 4 is 34.8 Å². The van der Waals surface area contributed by atoms with Crippen molar-refractivity contribution in [2.24, 2.45) is 5.92 Å². The van der Waals surface area contributed by atoms with Gasteiger partial charge in [-0.2, -0.15) is 0 Å². The summed E-state index contributed by atoms with van der Waals surface area (Å²) >= 11 is 6.18. The van der Waals surface area contributed by atoms with Crippen molar-refractivity contribution in [1.82, 2.24) is 4.90 Å². The molecular weight excluding hydrogens is 422 g/mol. The molecule has 0 saturated carbocycles. The molecule has 0 saturated heterocycles. The number of hydrogen-bond donors (Lipinski definition) is 1. The van der Waals surface area contributed by atoms with Crippen LogP contribution in [0.1, 0.15) is 62.9 Å². The summed E-state index contributed by atoms with van der Waals surface area (Å²) in [5, 5.41) is 3.36. The first-order chi connectivity index (χ1) is 15.2. The fourth-order valence-corrected chi connectivity index (χ4v) is 4.02. The molecule has 0 fully saturated rings. The summed E-state index contributed by atoms with van der Waals surface area (Å²) in [4.78, 5) is 30.1. The predicted octanol–water partition coefficient (Wildman–Crippen LogP) is 6.22. The topological polar surface area (TPSA) is 52.7 Å². The Hall–Kier alpha value is -2.53. The van der Waals surface area contributed by atoms with Crippen LogP contribution < -0.4 is 10.2 Å². The molecule has 2 amide bonds. The highest BCUT2D eigenvalue weighted by molar-refractivity contribution is 6.34. The van der Waals surface area contributed by atoms with Gasteiger partial charge < -0.3 is 15.1 Å². The Bertz CT molecular complexity index is 925. The molecule has 0 unspecified atom stereocenters. The second-order valence-corrected chi connectivity index (χ2v) is 8.82. The number of halogens is 1. The van der Waals surface area contributed by atoms with Gasteiger partial charge in [0.25, 0.3) is 5.91 Å². The van der Waals surface area contributed by atoms with Crippen molar-refractivity contribution in [2.75, 3.05) is 24.3 Å². The maximum absolute atomic E-state index is 13.3. The molecule has 174 valence electrons. The van der Waals surface area contributed by atoms with Crippen molar-refractivity contribution in [3.63, 3.8) is 0 Å². The van der Waals surface area contributed by atoms with Crippen LogP contribution in [0.4, 0.5) is 11.4 Å². The molecule has 0 aliphatic carbocycles. The third-order valence-corrected chi connectivity index (χ3v) is 6.35. The second-order valence-electron chi connectivity index (χ2n) is 8.41. The number of hydrogen-bond acceptors (Lipinski definition) is 3. The van der Waals surface area contributed by atoms with E-state index in [4.69, 9.17) is 11.6 Å². The van der Waals surface area contributed by atoms with Gasteiger partial charge in [0.05, 0.1) is 10.6 Å². The lowest BCUT2D eigenvalue weighted by Gasteiger charge is -2.33. The zero-order valence-electron chi connectivity index (χ0n) is 20.1. The molecule has 2 aromatic carbocycles. The molecule has 0 bridgehead atoms. The summed E-state index contributed by atoms with van der Waals surface area (Å²) in [7, 11) is 3.97. The van der Waals surface area contributed by atoms with Crippen molar-refractivity contribution in [1.29, 1.82) is 0 Å². The van der Waals surface area contributed by atoms with Gasteiger partial charge in [-0.1, -0.05) is 44.5 Å². The van der Waals surface area contributed by atoms with Crippen LogP contribution in [-0.2, 0) is 11.3 Å². The van der Waals surface area contributed by atoms with E-state index in [9.17, 15) is 9.59 Å². The average molecular weight is 458 g/mol. The van der Waals surface area contributed by atoms with E-state index in [1.807, 2.05) is 42.1 Å². The summed E-state index contributed by atoms with van der Waals surface area (Å²) in [5.74, 6) is -0.0412. The first-order valence-electron chi connectivity index (χ1n) is 11.4. The van der Waals surface area contributed by atoms with Crippen LogP contribution in [-0.4, -0.2) is 36.9 Å². The number of benzene rings is 2. The lowest BCUT2D eigenvalue weighted by atomic mass is 9.99. The molecule has 0 radical (unpaired) electrons. The van der Waals surface area contributed by atoms with Gasteiger partial charge >= 0.3 is 0 Å². The van der Waals surface area contributed by atoms with Crippen LogP contribution in [0.3, 0.4) is 0 Å². The van der Waals surface area contributed by atoms with Crippen LogP contribution in [0.15, 0.2) is 42.5 Å². The highest BCUT2D eigenvalue weighted by Crippen LogP contribution is 2.28. The normalized spacial score (nSPS) is 11.9. The summed E-state index contributed by atoms with van der Waals surface area (Å²) in [5.41, 5.74) is 3.12. The monoisotopic (exact) mass is 457 g/mol. The zero-order valence-corrected chi connectivity index (χ0v) is 20.9. The van der Waals surface area contributed by atoms with Crippen LogP contribution in [0.2, 0.25) is 5.02 Å². The average Bonchev–Trinajstić information content (AvgIpc) is 2.77. The second kappa shape index (κ2) is 11.9. The molecule has 6 heteroatoms.